The first-order chi connectivity index (χ1) is 11.1. The fourth-order valence-electron chi connectivity index (χ4n) is 2.33. The van der Waals surface area contributed by atoms with Crippen LogP contribution in [-0.4, -0.2) is 25.8 Å². The second-order valence-corrected chi connectivity index (χ2v) is 4.90. The normalized spacial score (nSPS) is 13.2. The van der Waals surface area contributed by atoms with E-state index >= 15 is 0 Å². The lowest BCUT2D eigenvalue weighted by atomic mass is 9.94. The van der Waals surface area contributed by atoms with Crippen molar-refractivity contribution in [2.24, 2.45) is 0 Å². The van der Waals surface area contributed by atoms with Crippen LogP contribution in [0.1, 0.15) is 20.7 Å². The van der Waals surface area contributed by atoms with Crippen LogP contribution < -0.4 is 14.2 Å². The van der Waals surface area contributed by atoms with Gasteiger partial charge in [0.1, 0.15) is 17.2 Å². The maximum atomic E-state index is 12.5. The number of carbonyl (C=O) groups excluding carboxylic acids is 2. The topological polar surface area (TPSA) is 61.8 Å². The molecule has 0 aliphatic heterocycles. The number of fused-ring (bicyclic) bond motifs is 1. The Morgan fingerprint density at radius 2 is 1.35 bits per heavy atom. The fourth-order valence-corrected chi connectivity index (χ4v) is 2.33. The third-order valence-electron chi connectivity index (χ3n) is 3.48. The maximum Gasteiger partial charge on any atom is 0.229 e. The fraction of sp³-hybridized carbons (Fsp3) is 0.111. The van der Waals surface area contributed by atoms with E-state index in [-0.39, 0.29) is 17.3 Å². The van der Waals surface area contributed by atoms with Crippen molar-refractivity contribution in [3.63, 3.8) is 0 Å². The highest BCUT2D eigenvalue weighted by Crippen LogP contribution is 2.30. The lowest BCUT2D eigenvalue weighted by Crippen LogP contribution is -2.20. The van der Waals surface area contributed by atoms with Crippen LogP contribution in [0.25, 0.3) is 0 Å². The number of Topliss-reactive ketones (excluding diaryl/α,β-unsaturated/α-hetero) is 1. The van der Waals surface area contributed by atoms with Crippen molar-refractivity contribution in [3.8, 4) is 17.2 Å². The number of allylic oxidation sites excluding steroid dienone is 2. The zero-order valence-electron chi connectivity index (χ0n) is 12.7. The van der Waals surface area contributed by atoms with Gasteiger partial charge in [0.25, 0.3) is 0 Å². The summed E-state index contributed by atoms with van der Waals surface area (Å²) >= 11 is 0. The Morgan fingerprint density at radius 3 is 1.96 bits per heavy atom. The molecular weight excluding hydrogens is 296 g/mol. The van der Waals surface area contributed by atoms with Gasteiger partial charge in [-0.1, -0.05) is 24.3 Å². The first-order valence-electron chi connectivity index (χ1n) is 6.93. The van der Waals surface area contributed by atoms with Crippen LogP contribution in [0.15, 0.2) is 54.3 Å². The summed E-state index contributed by atoms with van der Waals surface area (Å²) in [5, 5.41) is 0. The van der Waals surface area contributed by atoms with Crippen molar-refractivity contribution in [1.29, 1.82) is 0 Å². The van der Waals surface area contributed by atoms with Gasteiger partial charge in [0.05, 0.1) is 14.2 Å². The largest absolute Gasteiger partial charge is 0.496 e. The highest BCUT2D eigenvalue weighted by molar-refractivity contribution is 6.23. The molecule has 0 atom stereocenters. The molecule has 0 spiro atoms. The summed E-state index contributed by atoms with van der Waals surface area (Å²) in [6.07, 6.45) is 1.20. The Kier molecular flexibility index (Phi) is 3.85. The summed E-state index contributed by atoms with van der Waals surface area (Å²) < 4.78 is 15.9. The predicted octanol–water partition coefficient (Wildman–Crippen LogP) is 3.05. The number of rotatable bonds is 4. The van der Waals surface area contributed by atoms with E-state index in [2.05, 4.69) is 0 Å². The molecule has 116 valence electrons. The molecule has 0 N–H and O–H groups in total. The van der Waals surface area contributed by atoms with Crippen LogP contribution in [0.5, 0.6) is 17.2 Å². The zero-order chi connectivity index (χ0) is 16.4. The highest BCUT2D eigenvalue weighted by atomic mass is 16.5. The molecule has 23 heavy (non-hydrogen) atoms. The van der Waals surface area contributed by atoms with Crippen LogP contribution in [0, 0.1) is 0 Å². The molecule has 2 aromatic rings. The Bertz CT molecular complexity index is 798. The standard InChI is InChI=1S/C18H14O5/c1-21-11-7-12(22-2)9-13(8-11)23-17-10-16(19)14-5-3-4-6-15(14)18(17)20/h3-10H,1-2H3. The van der Waals surface area contributed by atoms with Gasteiger partial charge in [-0.25, -0.2) is 0 Å². The minimum Gasteiger partial charge on any atom is -0.496 e. The summed E-state index contributed by atoms with van der Waals surface area (Å²) in [6, 6.07) is 11.6. The average Bonchev–Trinajstić information content (AvgIpc) is 2.59. The monoisotopic (exact) mass is 310 g/mol. The minimum absolute atomic E-state index is 0.0241. The van der Waals surface area contributed by atoms with Crippen molar-refractivity contribution in [2.75, 3.05) is 14.2 Å². The van der Waals surface area contributed by atoms with Crippen molar-refractivity contribution in [3.05, 3.63) is 65.4 Å². The van der Waals surface area contributed by atoms with Crippen molar-refractivity contribution < 1.29 is 23.8 Å². The second-order valence-electron chi connectivity index (χ2n) is 4.90. The molecule has 0 unspecified atom stereocenters. The van der Waals surface area contributed by atoms with E-state index in [1.54, 1.807) is 42.5 Å². The third-order valence-corrected chi connectivity index (χ3v) is 3.48. The SMILES string of the molecule is COc1cc(OC)cc(OC2=CC(=O)c3ccccc3C2=O)c1. The van der Waals surface area contributed by atoms with Gasteiger partial charge in [-0.05, 0) is 0 Å². The van der Waals surface area contributed by atoms with Crippen molar-refractivity contribution >= 4 is 11.6 Å². The number of carbonyl (C=O) groups is 2. The highest BCUT2D eigenvalue weighted by Gasteiger charge is 2.27. The number of hydrogen-bond donors (Lipinski definition) is 0. The molecule has 0 radical (unpaired) electrons. The molecule has 5 nitrogen and oxygen atoms in total. The van der Waals surface area contributed by atoms with Gasteiger partial charge in [-0.2, -0.15) is 0 Å². The number of methoxy groups -OCH3 is 2. The molecule has 3 rings (SSSR count). The Balaban J connectivity index is 1.95. The van der Waals surface area contributed by atoms with Crippen LogP contribution in [0.2, 0.25) is 0 Å². The quantitative estimate of drug-likeness (QED) is 0.868. The molecule has 0 heterocycles. The summed E-state index contributed by atoms with van der Waals surface area (Å²) in [7, 11) is 3.03. The molecule has 0 saturated heterocycles. The van der Waals surface area contributed by atoms with Crippen molar-refractivity contribution in [2.45, 2.75) is 0 Å². The van der Waals surface area contributed by atoms with Crippen LogP contribution in [0.4, 0.5) is 0 Å². The molecule has 0 fully saturated rings. The second kappa shape index (κ2) is 5.96. The van der Waals surface area contributed by atoms with E-state index in [0.717, 1.165) is 0 Å². The first kappa shape index (κ1) is 14.8. The number of ketones is 2. The Hall–Kier alpha value is -3.08. The summed E-state index contributed by atoms with van der Waals surface area (Å²) in [5.74, 6) is 0.786. The Labute approximate surface area is 133 Å². The lowest BCUT2D eigenvalue weighted by Gasteiger charge is -2.16. The van der Waals surface area contributed by atoms with Gasteiger partial charge < -0.3 is 14.2 Å². The van der Waals surface area contributed by atoms with Crippen LogP contribution in [-0.2, 0) is 0 Å². The van der Waals surface area contributed by atoms with E-state index in [4.69, 9.17) is 14.2 Å². The number of ether oxygens (including phenoxy) is 3. The molecule has 0 aromatic heterocycles. The van der Waals surface area contributed by atoms with Gasteiger partial charge in [-0.3, -0.25) is 9.59 Å². The van der Waals surface area contributed by atoms with Crippen LogP contribution >= 0.6 is 0 Å². The van der Waals surface area contributed by atoms with Gasteiger partial charge in [-0.15, -0.1) is 0 Å². The summed E-state index contributed by atoms with van der Waals surface area (Å²) in [6.45, 7) is 0. The molecule has 5 heteroatoms. The number of hydrogen-bond acceptors (Lipinski definition) is 5. The molecule has 1 aliphatic rings. The maximum absolute atomic E-state index is 12.5. The van der Waals surface area contributed by atoms with E-state index in [1.165, 1.54) is 20.3 Å². The number of benzene rings is 2. The smallest absolute Gasteiger partial charge is 0.229 e. The van der Waals surface area contributed by atoms with E-state index < -0.39 is 0 Å². The minimum atomic E-state index is -0.331. The first-order valence-corrected chi connectivity index (χ1v) is 6.93. The molecule has 0 saturated carbocycles. The molecular formula is C18H14O5. The zero-order valence-corrected chi connectivity index (χ0v) is 12.7. The van der Waals surface area contributed by atoms with Gasteiger partial charge in [0.2, 0.25) is 5.78 Å². The lowest BCUT2D eigenvalue weighted by molar-refractivity contribution is 0.0946. The average molecular weight is 310 g/mol. The van der Waals surface area contributed by atoms with Crippen molar-refractivity contribution in [1.82, 2.24) is 0 Å². The third kappa shape index (κ3) is 2.81. The van der Waals surface area contributed by atoms with Gasteiger partial charge in [0.15, 0.2) is 11.5 Å². The van der Waals surface area contributed by atoms with E-state index in [9.17, 15) is 9.59 Å². The van der Waals surface area contributed by atoms with Crippen LogP contribution in [0.3, 0.4) is 0 Å². The van der Waals surface area contributed by atoms with Gasteiger partial charge in [0, 0.05) is 35.4 Å². The summed E-state index contributed by atoms with van der Waals surface area (Å²) in [5.41, 5.74) is 0.720. The van der Waals surface area contributed by atoms with E-state index in [1.807, 2.05) is 0 Å². The summed E-state index contributed by atoms with van der Waals surface area (Å²) in [4.78, 5) is 24.6. The molecule has 1 aliphatic carbocycles. The predicted molar refractivity (Wildman–Crippen MR) is 83.4 cm³/mol. The Morgan fingerprint density at radius 1 is 0.783 bits per heavy atom. The molecule has 0 amide bonds. The van der Waals surface area contributed by atoms with Gasteiger partial charge >= 0.3 is 0 Å². The molecule has 2 aromatic carbocycles. The van der Waals surface area contributed by atoms with E-state index in [0.29, 0.717) is 28.4 Å². The molecule has 0 bridgehead atoms.